The zero-order chi connectivity index (χ0) is 69.6. The second-order valence-corrected chi connectivity index (χ2v) is 21.8. The standard InChI is InChI=1S/C55H113IN4O33/c56-57-2-8-83-10-12-85-14-16-87-18-20-89-22-24-91-26-28-93-30-29-92-27-25-90-23-21-88-19-17-86-15-13-84-11-9-82-7-1-47(73)60(5-3-58(31-39(65)48(74)52(78)43(69)35-61)32-40(66)49(75)53(79)44(70)36-62)6-4-59(33-41(67)50(76)54(80)45(71)37-63)34-42(68)51(77)55(81)46(72)38-64/h39-46,48-55,57,61-72,74-81H,1-38H2/t39-,40-,41-,42-,43+,44+,45+,46+,48+,49+,50+,51+,52+,53+,54+,55+/m0/s1. The van der Waals surface area contributed by atoms with Crippen molar-refractivity contribution in [3.63, 3.8) is 0 Å². The molecule has 0 aromatic carbocycles. The molecule has 558 valence electrons. The van der Waals surface area contributed by atoms with Crippen LogP contribution in [0.25, 0.3) is 0 Å². The Labute approximate surface area is 556 Å². The number of halogens is 1. The molecule has 1 amide bonds. The molecule has 0 saturated carbocycles. The number of aliphatic hydroxyl groups is 20. The number of rotatable bonds is 69. The van der Waals surface area contributed by atoms with Gasteiger partial charge in [0.1, 0.15) is 73.2 Å². The van der Waals surface area contributed by atoms with Crippen LogP contribution in [0.15, 0.2) is 0 Å². The fourth-order valence-corrected chi connectivity index (χ4v) is 8.31. The molecule has 0 aliphatic rings. The van der Waals surface area contributed by atoms with Crippen LogP contribution < -0.4 is 3.53 Å². The van der Waals surface area contributed by atoms with Crippen LogP contribution in [-0.2, 0) is 61.6 Å². The van der Waals surface area contributed by atoms with Crippen LogP contribution in [-0.4, -0.2) is 464 Å². The molecule has 0 aliphatic heterocycles. The molecule has 0 aliphatic carbocycles. The predicted octanol–water partition coefficient (Wildman–Crippen LogP) is -12.3. The van der Waals surface area contributed by atoms with E-state index in [1.54, 1.807) is 0 Å². The van der Waals surface area contributed by atoms with E-state index in [4.69, 9.17) is 56.8 Å². The highest BCUT2D eigenvalue weighted by Crippen LogP contribution is 2.14. The minimum Gasteiger partial charge on any atom is -0.394 e. The summed E-state index contributed by atoms with van der Waals surface area (Å²) in [7, 11) is 0. The largest absolute Gasteiger partial charge is 0.394 e. The van der Waals surface area contributed by atoms with Crippen LogP contribution in [0.3, 0.4) is 0 Å². The van der Waals surface area contributed by atoms with Crippen LogP contribution in [0.1, 0.15) is 6.42 Å². The lowest BCUT2D eigenvalue weighted by Crippen LogP contribution is -2.55. The van der Waals surface area contributed by atoms with Gasteiger partial charge in [0.25, 0.3) is 0 Å². The molecule has 21 N–H and O–H groups in total. The van der Waals surface area contributed by atoms with E-state index in [1.807, 2.05) is 0 Å². The van der Waals surface area contributed by atoms with Crippen molar-refractivity contribution in [1.82, 2.24) is 18.2 Å². The van der Waals surface area contributed by atoms with Crippen molar-refractivity contribution < 1.29 is 164 Å². The lowest BCUT2D eigenvalue weighted by Gasteiger charge is -2.36. The zero-order valence-electron chi connectivity index (χ0n) is 53.1. The molecular weight excluding hydrogens is 1370 g/mol. The van der Waals surface area contributed by atoms with Crippen molar-refractivity contribution in [2.45, 2.75) is 104 Å². The molecule has 0 aromatic rings. The third-order valence-corrected chi connectivity index (χ3v) is 14.2. The van der Waals surface area contributed by atoms with Gasteiger partial charge in [0, 0.05) is 81.8 Å². The molecule has 93 heavy (non-hydrogen) atoms. The Hall–Kier alpha value is -1.20. The van der Waals surface area contributed by atoms with Crippen LogP contribution in [0, 0.1) is 0 Å². The van der Waals surface area contributed by atoms with Crippen LogP contribution in [0.4, 0.5) is 0 Å². The first-order valence-electron chi connectivity index (χ1n) is 30.9. The van der Waals surface area contributed by atoms with Crippen molar-refractivity contribution in [3.8, 4) is 0 Å². The molecule has 0 bridgehead atoms. The SMILES string of the molecule is O=C(CCOCCOCCOCCOCCOCCOCCOCCOCCOCCOCCOCCOCCNI)N(CCN(C[C@H](O)[C@@H](O)[C@H](O)[C@H](O)CO)C[C@H](O)[C@@H](O)[C@H](O)[C@H](O)CO)CCN(C[C@H](O)[C@@H](O)[C@H](O)[C@H](O)CO)C[C@H](O)[C@@H](O)[C@H](O)[C@H](O)CO. The van der Waals surface area contributed by atoms with Gasteiger partial charge in [-0.2, -0.15) is 0 Å². The molecule has 37 nitrogen and oxygen atoms in total. The van der Waals surface area contributed by atoms with E-state index in [1.165, 1.54) is 0 Å². The Morgan fingerprint density at radius 1 is 0.280 bits per heavy atom. The number of nitrogens with one attached hydrogen (secondary N) is 1. The first-order valence-corrected chi connectivity index (χ1v) is 32.0. The predicted molar refractivity (Wildman–Crippen MR) is 330 cm³/mol. The topological polar surface area (TPSA) is 554 Å². The normalized spacial score (nSPS) is 17.5. The average Bonchev–Trinajstić information content (AvgIpc) is 1.43. The van der Waals surface area contributed by atoms with Gasteiger partial charge in [-0.25, -0.2) is 0 Å². The summed E-state index contributed by atoms with van der Waals surface area (Å²) in [5, 5.41) is 204. The maximum atomic E-state index is 14.0. The number of aliphatic hydroxyl groups excluding tert-OH is 20. The smallest absolute Gasteiger partial charge is 0.224 e. The summed E-state index contributed by atoms with van der Waals surface area (Å²) in [6, 6.07) is 0. The van der Waals surface area contributed by atoms with E-state index in [2.05, 4.69) is 26.4 Å². The number of carbonyl (C=O) groups is 1. The Morgan fingerprint density at radius 2 is 0.462 bits per heavy atom. The fourth-order valence-electron chi connectivity index (χ4n) is 8.09. The van der Waals surface area contributed by atoms with Gasteiger partial charge in [-0.05, 0) is 0 Å². The van der Waals surface area contributed by atoms with E-state index in [0.29, 0.717) is 119 Å². The fraction of sp³-hybridized carbons (Fsp3) is 0.982. The zero-order valence-corrected chi connectivity index (χ0v) is 55.2. The third-order valence-electron chi connectivity index (χ3n) is 13.7. The highest BCUT2D eigenvalue weighted by molar-refractivity contribution is 14.1. The van der Waals surface area contributed by atoms with Gasteiger partial charge in [-0.15, -0.1) is 0 Å². The minimum absolute atomic E-state index is 0.0107. The molecule has 0 rings (SSSR count). The number of hydrogen-bond acceptors (Lipinski definition) is 36. The first-order chi connectivity index (χ1) is 44.6. The van der Waals surface area contributed by atoms with E-state index >= 15 is 0 Å². The molecule has 0 fully saturated rings. The number of amides is 1. The number of carbonyl (C=O) groups excluding carboxylic acids is 1. The number of ether oxygens (including phenoxy) is 12. The summed E-state index contributed by atoms with van der Waals surface area (Å²) >= 11 is 2.07. The van der Waals surface area contributed by atoms with E-state index in [-0.39, 0.29) is 46.1 Å². The maximum absolute atomic E-state index is 14.0. The quantitative estimate of drug-likeness (QED) is 0.0153. The molecule has 0 heterocycles. The van der Waals surface area contributed by atoms with E-state index in [0.717, 1.165) is 21.2 Å². The average molecular weight is 1490 g/mol. The summed E-state index contributed by atoms with van der Waals surface area (Å²) < 4.78 is 68.8. The highest BCUT2D eigenvalue weighted by Gasteiger charge is 2.37. The molecular formula is C55H113IN4O33. The van der Waals surface area contributed by atoms with Gasteiger partial charge in [0.15, 0.2) is 0 Å². The Bertz CT molecular complexity index is 1540. The Kier molecular flexibility index (Phi) is 60.0. The van der Waals surface area contributed by atoms with Crippen LogP contribution in [0.5, 0.6) is 0 Å². The van der Waals surface area contributed by atoms with Gasteiger partial charge in [0.05, 0.1) is 216 Å². The van der Waals surface area contributed by atoms with Crippen LogP contribution >= 0.6 is 22.9 Å². The van der Waals surface area contributed by atoms with Crippen molar-refractivity contribution in [2.75, 3.05) is 244 Å². The summed E-state index contributed by atoms with van der Waals surface area (Å²) in [4.78, 5) is 17.4. The highest BCUT2D eigenvalue weighted by atomic mass is 127. The summed E-state index contributed by atoms with van der Waals surface area (Å²) in [5.41, 5.74) is 0. The first kappa shape index (κ1) is 91.8. The minimum atomic E-state index is -2.14. The Morgan fingerprint density at radius 3 is 0.656 bits per heavy atom. The lowest BCUT2D eigenvalue weighted by molar-refractivity contribution is -0.136. The van der Waals surface area contributed by atoms with Crippen molar-refractivity contribution >= 4 is 28.8 Å². The molecule has 0 aromatic heterocycles. The van der Waals surface area contributed by atoms with Gasteiger partial charge < -0.3 is 164 Å². The summed E-state index contributed by atoms with van der Waals surface area (Å²) in [6.07, 6.45) is -32.9. The molecule has 0 radical (unpaired) electrons. The molecule has 0 saturated heterocycles. The van der Waals surface area contributed by atoms with E-state index in [9.17, 15) is 107 Å². The molecule has 38 heteroatoms. The number of hydrogen-bond donors (Lipinski definition) is 21. The maximum Gasteiger partial charge on any atom is 0.224 e. The third kappa shape index (κ3) is 46.0. The van der Waals surface area contributed by atoms with Gasteiger partial charge in [-0.1, -0.05) is 0 Å². The van der Waals surface area contributed by atoms with Crippen LogP contribution in [0.2, 0.25) is 0 Å². The van der Waals surface area contributed by atoms with Gasteiger partial charge in [-0.3, -0.25) is 18.1 Å². The summed E-state index contributed by atoms with van der Waals surface area (Å²) in [5.74, 6) is -0.662. The van der Waals surface area contributed by atoms with Crippen molar-refractivity contribution in [3.05, 3.63) is 0 Å². The Balaban J connectivity index is 5.17. The summed E-state index contributed by atoms with van der Waals surface area (Å²) in [6.45, 7) is 0.770. The van der Waals surface area contributed by atoms with Crippen molar-refractivity contribution in [2.24, 2.45) is 0 Å². The second-order valence-electron chi connectivity index (χ2n) is 21.1. The monoisotopic (exact) mass is 1480 g/mol. The lowest BCUT2D eigenvalue weighted by atomic mass is 10.0. The molecule has 0 spiro atoms. The number of nitrogens with zero attached hydrogens (tertiary/aromatic N) is 3. The second kappa shape index (κ2) is 60.7. The van der Waals surface area contributed by atoms with E-state index < -0.39 is 182 Å². The van der Waals surface area contributed by atoms with Crippen molar-refractivity contribution in [1.29, 1.82) is 0 Å². The van der Waals surface area contributed by atoms with Gasteiger partial charge >= 0.3 is 0 Å². The molecule has 0 unspecified atom stereocenters. The van der Waals surface area contributed by atoms with Gasteiger partial charge in [0.2, 0.25) is 5.91 Å². The molecule has 16 atom stereocenters.